The van der Waals surface area contributed by atoms with Crippen molar-refractivity contribution in [2.75, 3.05) is 18.2 Å². The summed E-state index contributed by atoms with van der Waals surface area (Å²) in [5.74, 6) is 0.737. The molecule has 0 aliphatic carbocycles. The lowest BCUT2D eigenvalue weighted by atomic mass is 10.1. The van der Waals surface area contributed by atoms with E-state index >= 15 is 0 Å². The molecule has 8 heteroatoms. The van der Waals surface area contributed by atoms with E-state index in [1.165, 1.54) is 0 Å². The maximum Gasteiger partial charge on any atom is 0.150 e. The Hall–Kier alpha value is -5.24. The van der Waals surface area contributed by atoms with E-state index in [1.807, 2.05) is 72.8 Å². The van der Waals surface area contributed by atoms with Crippen molar-refractivity contribution >= 4 is 44.9 Å². The molecule has 0 aromatic heterocycles. The number of hydrogen-bond donors (Lipinski definition) is 3. The molecule has 4 N–H and O–H groups in total. The normalized spacial score (nSPS) is 11.4. The van der Waals surface area contributed by atoms with Crippen LogP contribution in [0.25, 0.3) is 10.8 Å². The number of nitrogens with one attached hydrogen (secondary N) is 1. The Balaban J connectivity index is 1.26. The van der Waals surface area contributed by atoms with E-state index in [0.717, 1.165) is 22.3 Å². The monoisotopic (exact) mass is 502 g/mol. The fourth-order valence-corrected chi connectivity index (χ4v) is 3.85. The van der Waals surface area contributed by atoms with Gasteiger partial charge in [-0.1, -0.05) is 30.3 Å². The number of ether oxygens (including phenoxy) is 1. The maximum absolute atomic E-state index is 10.8. The molecule has 0 bridgehead atoms. The second kappa shape index (κ2) is 11.2. The minimum atomic E-state index is 0.0820. The van der Waals surface area contributed by atoms with Crippen LogP contribution in [-0.2, 0) is 6.54 Å². The number of methoxy groups -OCH3 is 1. The summed E-state index contributed by atoms with van der Waals surface area (Å²) in [4.78, 5) is 0. The predicted octanol–water partition coefficient (Wildman–Crippen LogP) is 8.58. The summed E-state index contributed by atoms with van der Waals surface area (Å²) >= 11 is 0. The largest absolute Gasteiger partial charge is 0.505 e. The molecule has 0 saturated carbocycles. The topological polar surface area (TPSA) is 117 Å². The number of para-hydroxylation sites is 1. The van der Waals surface area contributed by atoms with Gasteiger partial charge in [0.15, 0.2) is 5.75 Å². The average Bonchev–Trinajstić information content (AvgIpc) is 2.96. The molecule has 38 heavy (non-hydrogen) atoms. The van der Waals surface area contributed by atoms with Gasteiger partial charge in [-0.3, -0.25) is 0 Å². The fraction of sp³-hybridized carbons (Fsp3) is 0.0667. The van der Waals surface area contributed by atoms with Crippen LogP contribution >= 0.6 is 0 Å². The lowest BCUT2D eigenvalue weighted by Gasteiger charge is -2.09. The van der Waals surface area contributed by atoms with E-state index in [0.29, 0.717) is 40.4 Å². The number of nitrogens with two attached hydrogens (primary N) is 1. The molecule has 0 spiro atoms. The van der Waals surface area contributed by atoms with Crippen LogP contribution in [0, 0.1) is 0 Å². The van der Waals surface area contributed by atoms with Crippen LogP contribution in [0.2, 0.25) is 0 Å². The van der Waals surface area contributed by atoms with Crippen molar-refractivity contribution in [2.24, 2.45) is 20.5 Å². The van der Waals surface area contributed by atoms with E-state index in [4.69, 9.17) is 10.5 Å². The van der Waals surface area contributed by atoms with Crippen LogP contribution in [0.15, 0.2) is 124 Å². The molecule has 5 aromatic carbocycles. The van der Waals surface area contributed by atoms with Gasteiger partial charge in [-0.2, -0.15) is 10.2 Å². The number of phenols is 1. The zero-order chi connectivity index (χ0) is 26.3. The number of anilines is 2. The van der Waals surface area contributed by atoms with Gasteiger partial charge in [0.05, 0.1) is 18.5 Å². The van der Waals surface area contributed by atoms with Crippen molar-refractivity contribution in [3.8, 4) is 11.5 Å². The van der Waals surface area contributed by atoms with Gasteiger partial charge >= 0.3 is 0 Å². The van der Waals surface area contributed by atoms with Crippen molar-refractivity contribution < 1.29 is 9.84 Å². The number of fused-ring (bicyclic) bond motifs is 1. The van der Waals surface area contributed by atoms with Crippen molar-refractivity contribution in [1.82, 2.24) is 0 Å². The van der Waals surface area contributed by atoms with Crippen molar-refractivity contribution in [3.63, 3.8) is 0 Å². The van der Waals surface area contributed by atoms with Crippen molar-refractivity contribution in [3.05, 3.63) is 109 Å². The third-order valence-electron chi connectivity index (χ3n) is 5.93. The molecule has 0 aliphatic heterocycles. The number of phenolic OH excluding ortho intramolecular Hbond substituents is 1. The summed E-state index contributed by atoms with van der Waals surface area (Å²) in [5, 5.41) is 32.8. The highest BCUT2D eigenvalue weighted by Crippen LogP contribution is 2.37. The molecule has 0 radical (unpaired) electrons. The Morgan fingerprint density at radius 3 is 2.13 bits per heavy atom. The van der Waals surface area contributed by atoms with Crippen LogP contribution in [0.4, 0.5) is 34.1 Å². The fourth-order valence-electron chi connectivity index (χ4n) is 3.85. The van der Waals surface area contributed by atoms with Crippen molar-refractivity contribution in [2.45, 2.75) is 6.54 Å². The minimum absolute atomic E-state index is 0.0820. The Kier molecular flexibility index (Phi) is 7.22. The van der Waals surface area contributed by atoms with Crippen LogP contribution in [0.5, 0.6) is 11.5 Å². The van der Waals surface area contributed by atoms with Gasteiger partial charge in [-0.25, -0.2) is 0 Å². The number of rotatable bonds is 8. The first kappa shape index (κ1) is 24.5. The standard InChI is InChI=1S/C30H26N6O2/c1-38-29-5-3-2-4-27(29)35-33-23-11-13-24(14-12-23)34-36-28-17-8-21-18-25(15-16-26(21)30(28)37)32-19-20-6-9-22(31)10-7-20/h2-18,32,37H,19,31H2,1H3. The van der Waals surface area contributed by atoms with Gasteiger partial charge in [0.25, 0.3) is 0 Å². The first-order valence-electron chi connectivity index (χ1n) is 12.0. The van der Waals surface area contributed by atoms with E-state index in [1.54, 1.807) is 37.4 Å². The number of azo groups is 2. The van der Waals surface area contributed by atoms with Gasteiger partial charge < -0.3 is 20.9 Å². The van der Waals surface area contributed by atoms with Gasteiger partial charge in [-0.05, 0) is 83.7 Å². The Morgan fingerprint density at radius 2 is 1.42 bits per heavy atom. The summed E-state index contributed by atoms with van der Waals surface area (Å²) < 4.78 is 5.29. The number of benzene rings is 5. The molecular formula is C30H26N6O2. The van der Waals surface area contributed by atoms with E-state index in [2.05, 4.69) is 25.8 Å². The number of nitrogen functional groups attached to an aromatic ring is 1. The van der Waals surface area contributed by atoms with Crippen molar-refractivity contribution in [1.29, 1.82) is 0 Å². The van der Waals surface area contributed by atoms with Crippen LogP contribution < -0.4 is 15.8 Å². The Morgan fingerprint density at radius 1 is 0.737 bits per heavy atom. The lowest BCUT2D eigenvalue weighted by molar-refractivity contribution is 0.416. The summed E-state index contributed by atoms with van der Waals surface area (Å²) in [5.41, 5.74) is 10.9. The van der Waals surface area contributed by atoms with E-state index in [-0.39, 0.29) is 5.75 Å². The second-order valence-corrected chi connectivity index (χ2v) is 8.55. The quantitative estimate of drug-likeness (QED) is 0.145. The summed E-state index contributed by atoms with van der Waals surface area (Å²) in [6, 6.07) is 31.8. The molecule has 5 aromatic rings. The molecule has 188 valence electrons. The molecule has 0 amide bonds. The first-order valence-corrected chi connectivity index (χ1v) is 12.0. The predicted molar refractivity (Wildman–Crippen MR) is 152 cm³/mol. The Labute approximate surface area is 220 Å². The van der Waals surface area contributed by atoms with Gasteiger partial charge in [-0.15, -0.1) is 10.2 Å². The highest BCUT2D eigenvalue weighted by Gasteiger charge is 2.07. The summed E-state index contributed by atoms with van der Waals surface area (Å²) in [7, 11) is 1.60. The third-order valence-corrected chi connectivity index (χ3v) is 5.93. The zero-order valence-electron chi connectivity index (χ0n) is 20.7. The molecule has 0 saturated heterocycles. The number of hydrogen-bond acceptors (Lipinski definition) is 8. The minimum Gasteiger partial charge on any atom is -0.505 e. The highest BCUT2D eigenvalue weighted by molar-refractivity contribution is 5.94. The summed E-state index contributed by atoms with van der Waals surface area (Å²) in [6.45, 7) is 0.671. The first-order chi connectivity index (χ1) is 18.6. The molecule has 0 aliphatic rings. The molecule has 0 fully saturated rings. The number of nitrogens with zero attached hydrogens (tertiary/aromatic N) is 4. The zero-order valence-corrected chi connectivity index (χ0v) is 20.7. The SMILES string of the molecule is COc1ccccc1N=Nc1ccc(N=Nc2ccc3cc(NCc4ccc(N)cc4)ccc3c2O)cc1. The smallest absolute Gasteiger partial charge is 0.150 e. The highest BCUT2D eigenvalue weighted by atomic mass is 16.5. The van der Waals surface area contributed by atoms with Gasteiger partial charge in [0.2, 0.25) is 0 Å². The maximum atomic E-state index is 10.8. The van der Waals surface area contributed by atoms with Gasteiger partial charge in [0, 0.05) is 23.3 Å². The lowest BCUT2D eigenvalue weighted by Crippen LogP contribution is -1.99. The molecule has 5 rings (SSSR count). The summed E-state index contributed by atoms with van der Waals surface area (Å²) in [6.07, 6.45) is 0. The molecule has 0 unspecified atom stereocenters. The van der Waals surface area contributed by atoms with Crippen LogP contribution in [-0.4, -0.2) is 12.2 Å². The van der Waals surface area contributed by atoms with Crippen LogP contribution in [0.1, 0.15) is 5.56 Å². The van der Waals surface area contributed by atoms with E-state index in [9.17, 15) is 5.11 Å². The third kappa shape index (κ3) is 5.76. The molecular weight excluding hydrogens is 476 g/mol. The Bertz CT molecular complexity index is 1610. The molecule has 0 atom stereocenters. The van der Waals surface area contributed by atoms with Crippen LogP contribution in [0.3, 0.4) is 0 Å². The molecule has 8 nitrogen and oxygen atoms in total. The van der Waals surface area contributed by atoms with Gasteiger partial charge in [0.1, 0.15) is 17.1 Å². The average molecular weight is 503 g/mol. The van der Waals surface area contributed by atoms with E-state index < -0.39 is 0 Å². The molecule has 0 heterocycles. The second-order valence-electron chi connectivity index (χ2n) is 8.55. The number of aromatic hydroxyl groups is 1.